The first kappa shape index (κ1) is 17.2. The monoisotopic (exact) mass is 363 g/mol. The summed E-state index contributed by atoms with van der Waals surface area (Å²) in [5.41, 5.74) is 1.00. The maximum Gasteiger partial charge on any atom is 0.260 e. The molecular formula is C22H21NO4. The van der Waals surface area contributed by atoms with Gasteiger partial charge in [-0.15, -0.1) is 0 Å². The molecule has 0 radical (unpaired) electrons. The zero-order chi connectivity index (χ0) is 18.6. The van der Waals surface area contributed by atoms with E-state index in [9.17, 15) is 4.79 Å². The number of benzene rings is 3. The third-order valence-electron chi connectivity index (χ3n) is 4.63. The van der Waals surface area contributed by atoms with Crippen LogP contribution in [0.5, 0.6) is 17.2 Å². The Labute approximate surface area is 158 Å². The van der Waals surface area contributed by atoms with E-state index in [4.69, 9.17) is 14.2 Å². The number of hydrogen-bond acceptors (Lipinski definition) is 4. The second-order valence-corrected chi connectivity index (χ2v) is 6.39. The Morgan fingerprint density at radius 3 is 2.67 bits per heavy atom. The Morgan fingerprint density at radius 2 is 1.81 bits per heavy atom. The van der Waals surface area contributed by atoms with Crippen LogP contribution in [0.4, 0.5) is 0 Å². The lowest BCUT2D eigenvalue weighted by atomic mass is 10.1. The molecule has 0 spiro atoms. The van der Waals surface area contributed by atoms with Crippen molar-refractivity contribution in [3.05, 3.63) is 66.2 Å². The molecule has 138 valence electrons. The van der Waals surface area contributed by atoms with Gasteiger partial charge in [-0.2, -0.15) is 0 Å². The van der Waals surface area contributed by atoms with Gasteiger partial charge in [-0.3, -0.25) is 4.79 Å². The van der Waals surface area contributed by atoms with Crippen molar-refractivity contribution in [1.82, 2.24) is 4.90 Å². The van der Waals surface area contributed by atoms with E-state index in [2.05, 4.69) is 6.07 Å². The van der Waals surface area contributed by atoms with Crippen LogP contribution < -0.4 is 14.2 Å². The lowest BCUT2D eigenvalue weighted by Gasteiger charge is -2.21. The smallest absolute Gasteiger partial charge is 0.260 e. The number of fused-ring (bicyclic) bond motifs is 2. The number of hydrogen-bond donors (Lipinski definition) is 0. The van der Waals surface area contributed by atoms with E-state index in [1.54, 1.807) is 4.90 Å². The van der Waals surface area contributed by atoms with Gasteiger partial charge in [-0.25, -0.2) is 0 Å². The summed E-state index contributed by atoms with van der Waals surface area (Å²) in [7, 11) is 0. The molecule has 0 aliphatic carbocycles. The Hall–Kier alpha value is -3.21. The Kier molecular flexibility index (Phi) is 4.83. The number of rotatable bonds is 6. The van der Waals surface area contributed by atoms with E-state index in [1.807, 2.05) is 61.5 Å². The Bertz CT molecular complexity index is 969. The number of ether oxygens (including phenoxy) is 3. The maximum absolute atomic E-state index is 12.6. The van der Waals surface area contributed by atoms with Crippen molar-refractivity contribution in [3.63, 3.8) is 0 Å². The highest BCUT2D eigenvalue weighted by Gasteiger charge is 2.17. The molecule has 1 heterocycles. The topological polar surface area (TPSA) is 48.0 Å². The van der Waals surface area contributed by atoms with Crippen LogP contribution in [0.25, 0.3) is 10.8 Å². The van der Waals surface area contributed by atoms with Crippen LogP contribution in [0, 0.1) is 0 Å². The standard InChI is InChI=1S/C22H21NO4/c1-2-23(13-16-7-10-20-21(11-16)27-15-26-20)22(24)14-25-19-9-8-17-5-3-4-6-18(17)12-19/h3-12H,2,13-15H2,1H3. The van der Waals surface area contributed by atoms with Crippen LogP contribution >= 0.6 is 0 Å². The zero-order valence-electron chi connectivity index (χ0n) is 15.2. The van der Waals surface area contributed by atoms with Gasteiger partial charge in [0.2, 0.25) is 6.79 Å². The summed E-state index contributed by atoms with van der Waals surface area (Å²) in [6, 6.07) is 19.7. The third kappa shape index (κ3) is 3.82. The molecule has 1 aliphatic heterocycles. The molecule has 4 rings (SSSR count). The van der Waals surface area contributed by atoms with Gasteiger partial charge in [-0.05, 0) is 47.5 Å². The van der Waals surface area contributed by atoms with Gasteiger partial charge in [0.15, 0.2) is 18.1 Å². The van der Waals surface area contributed by atoms with Gasteiger partial charge in [-0.1, -0.05) is 36.4 Å². The van der Waals surface area contributed by atoms with Crippen molar-refractivity contribution in [3.8, 4) is 17.2 Å². The van der Waals surface area contributed by atoms with E-state index in [1.165, 1.54) is 0 Å². The molecule has 27 heavy (non-hydrogen) atoms. The predicted molar refractivity (Wildman–Crippen MR) is 103 cm³/mol. The van der Waals surface area contributed by atoms with Crippen molar-refractivity contribution in [2.45, 2.75) is 13.5 Å². The van der Waals surface area contributed by atoms with Gasteiger partial charge in [0.05, 0.1) is 0 Å². The number of carbonyl (C=O) groups is 1. The largest absolute Gasteiger partial charge is 0.484 e. The summed E-state index contributed by atoms with van der Waals surface area (Å²) in [6.07, 6.45) is 0. The van der Waals surface area contributed by atoms with Crippen molar-refractivity contribution >= 4 is 16.7 Å². The lowest BCUT2D eigenvalue weighted by Crippen LogP contribution is -2.34. The van der Waals surface area contributed by atoms with Crippen LogP contribution in [-0.4, -0.2) is 30.8 Å². The predicted octanol–water partition coefficient (Wildman–Crippen LogP) is 4.00. The summed E-state index contributed by atoms with van der Waals surface area (Å²) in [6.45, 7) is 3.33. The van der Waals surface area contributed by atoms with E-state index >= 15 is 0 Å². The minimum absolute atomic E-state index is 0.0106. The molecule has 1 aliphatic rings. The highest BCUT2D eigenvalue weighted by molar-refractivity contribution is 5.84. The molecular weight excluding hydrogens is 342 g/mol. The molecule has 0 N–H and O–H groups in total. The average Bonchev–Trinajstić information content (AvgIpc) is 3.18. The minimum Gasteiger partial charge on any atom is -0.484 e. The fourth-order valence-corrected chi connectivity index (χ4v) is 3.13. The van der Waals surface area contributed by atoms with E-state index in [-0.39, 0.29) is 19.3 Å². The van der Waals surface area contributed by atoms with Gasteiger partial charge >= 0.3 is 0 Å². The summed E-state index contributed by atoms with van der Waals surface area (Å²) in [5.74, 6) is 2.11. The molecule has 3 aromatic carbocycles. The van der Waals surface area contributed by atoms with E-state index in [0.29, 0.717) is 18.8 Å². The number of nitrogens with zero attached hydrogens (tertiary/aromatic N) is 1. The average molecular weight is 363 g/mol. The van der Waals surface area contributed by atoms with E-state index in [0.717, 1.165) is 27.8 Å². The van der Waals surface area contributed by atoms with Crippen LogP contribution in [0.2, 0.25) is 0 Å². The first-order chi connectivity index (χ1) is 13.2. The quantitative estimate of drug-likeness (QED) is 0.664. The van der Waals surface area contributed by atoms with Crippen molar-refractivity contribution in [2.24, 2.45) is 0 Å². The van der Waals surface area contributed by atoms with Crippen LogP contribution in [0.1, 0.15) is 12.5 Å². The number of likely N-dealkylation sites (N-methyl/N-ethyl adjacent to an activating group) is 1. The molecule has 5 nitrogen and oxygen atoms in total. The van der Waals surface area contributed by atoms with Crippen LogP contribution in [-0.2, 0) is 11.3 Å². The van der Waals surface area contributed by atoms with Gasteiger partial charge in [0.25, 0.3) is 5.91 Å². The lowest BCUT2D eigenvalue weighted by molar-refractivity contribution is -0.133. The molecule has 1 amide bonds. The third-order valence-corrected chi connectivity index (χ3v) is 4.63. The highest BCUT2D eigenvalue weighted by atomic mass is 16.7. The highest BCUT2D eigenvalue weighted by Crippen LogP contribution is 2.32. The molecule has 5 heteroatoms. The second-order valence-electron chi connectivity index (χ2n) is 6.39. The van der Waals surface area contributed by atoms with Crippen molar-refractivity contribution < 1.29 is 19.0 Å². The van der Waals surface area contributed by atoms with Crippen LogP contribution in [0.15, 0.2) is 60.7 Å². The molecule has 0 atom stereocenters. The Balaban J connectivity index is 1.39. The first-order valence-corrected chi connectivity index (χ1v) is 9.01. The van der Waals surface area contributed by atoms with Gasteiger partial charge in [0.1, 0.15) is 5.75 Å². The first-order valence-electron chi connectivity index (χ1n) is 9.01. The number of amides is 1. The Morgan fingerprint density at radius 1 is 1.00 bits per heavy atom. The molecule has 0 saturated carbocycles. The van der Waals surface area contributed by atoms with Gasteiger partial charge in [0, 0.05) is 13.1 Å². The van der Waals surface area contributed by atoms with Crippen LogP contribution in [0.3, 0.4) is 0 Å². The summed E-state index contributed by atoms with van der Waals surface area (Å²) in [4.78, 5) is 14.4. The zero-order valence-corrected chi connectivity index (χ0v) is 15.2. The molecule has 0 fully saturated rings. The molecule has 3 aromatic rings. The minimum atomic E-state index is -0.0525. The van der Waals surface area contributed by atoms with Crippen molar-refractivity contribution in [2.75, 3.05) is 19.9 Å². The number of carbonyl (C=O) groups excluding carboxylic acids is 1. The summed E-state index contributed by atoms with van der Waals surface area (Å²) in [5, 5.41) is 2.24. The second kappa shape index (κ2) is 7.58. The molecule has 0 aromatic heterocycles. The fraction of sp³-hybridized carbons (Fsp3) is 0.227. The molecule has 0 unspecified atom stereocenters. The maximum atomic E-state index is 12.6. The normalized spacial score (nSPS) is 12.2. The van der Waals surface area contributed by atoms with E-state index < -0.39 is 0 Å². The van der Waals surface area contributed by atoms with Crippen molar-refractivity contribution in [1.29, 1.82) is 0 Å². The molecule has 0 saturated heterocycles. The fourth-order valence-electron chi connectivity index (χ4n) is 3.13. The summed E-state index contributed by atoms with van der Waals surface area (Å²) < 4.78 is 16.5. The molecule has 0 bridgehead atoms. The van der Waals surface area contributed by atoms with Gasteiger partial charge < -0.3 is 19.1 Å². The SMILES string of the molecule is CCN(Cc1ccc2c(c1)OCO2)C(=O)COc1ccc2ccccc2c1. The summed E-state index contributed by atoms with van der Waals surface area (Å²) >= 11 is 0.